The third kappa shape index (κ3) is 3.53. The molecule has 1 aromatic heterocycles. The predicted octanol–water partition coefficient (Wildman–Crippen LogP) is 3.42. The number of benzene rings is 1. The van der Waals surface area contributed by atoms with Crippen LogP contribution in [0.15, 0.2) is 24.3 Å². The molecule has 0 radical (unpaired) electrons. The van der Waals surface area contributed by atoms with Crippen LogP contribution in [0.3, 0.4) is 0 Å². The summed E-state index contributed by atoms with van der Waals surface area (Å²) < 4.78 is 0. The second-order valence-electron chi connectivity index (χ2n) is 4.94. The number of hydrogen-bond acceptors (Lipinski definition) is 3. The highest BCUT2D eigenvalue weighted by molar-refractivity contribution is 5.37. The SMILES string of the molecule is CCNc1cc(C)nc(Cc2ccc(C)c(C)c2)n1. The lowest BCUT2D eigenvalue weighted by atomic mass is 10.0. The van der Waals surface area contributed by atoms with Crippen LogP contribution in [0.5, 0.6) is 0 Å². The molecule has 0 aliphatic carbocycles. The Kier molecular flexibility index (Phi) is 4.15. The molecule has 3 nitrogen and oxygen atoms in total. The first kappa shape index (κ1) is 13.5. The Morgan fingerprint density at radius 1 is 1.00 bits per heavy atom. The zero-order chi connectivity index (χ0) is 13.8. The van der Waals surface area contributed by atoms with Gasteiger partial charge >= 0.3 is 0 Å². The number of aryl methyl sites for hydroxylation is 3. The van der Waals surface area contributed by atoms with Crippen LogP contribution in [-0.4, -0.2) is 16.5 Å². The molecule has 0 saturated heterocycles. The molecule has 0 saturated carbocycles. The maximum atomic E-state index is 4.55. The molecular formula is C16H21N3. The van der Waals surface area contributed by atoms with Crippen molar-refractivity contribution < 1.29 is 0 Å². The molecule has 0 aliphatic rings. The topological polar surface area (TPSA) is 37.8 Å². The number of hydrogen-bond donors (Lipinski definition) is 1. The smallest absolute Gasteiger partial charge is 0.135 e. The average molecular weight is 255 g/mol. The fraction of sp³-hybridized carbons (Fsp3) is 0.375. The van der Waals surface area contributed by atoms with Gasteiger partial charge in [0.2, 0.25) is 0 Å². The van der Waals surface area contributed by atoms with Crippen molar-refractivity contribution in [1.82, 2.24) is 9.97 Å². The van der Waals surface area contributed by atoms with E-state index in [-0.39, 0.29) is 0 Å². The average Bonchev–Trinajstić information content (AvgIpc) is 2.33. The van der Waals surface area contributed by atoms with E-state index in [1.807, 2.05) is 13.0 Å². The summed E-state index contributed by atoms with van der Waals surface area (Å²) in [5, 5.41) is 3.24. The second-order valence-corrected chi connectivity index (χ2v) is 4.94. The van der Waals surface area contributed by atoms with E-state index < -0.39 is 0 Å². The van der Waals surface area contributed by atoms with Gasteiger partial charge in [-0.05, 0) is 44.4 Å². The van der Waals surface area contributed by atoms with Crippen LogP contribution < -0.4 is 5.32 Å². The van der Waals surface area contributed by atoms with Crippen LogP contribution in [0.4, 0.5) is 5.82 Å². The van der Waals surface area contributed by atoms with Gasteiger partial charge in [0.15, 0.2) is 0 Å². The number of rotatable bonds is 4. The van der Waals surface area contributed by atoms with Gasteiger partial charge < -0.3 is 5.32 Å². The van der Waals surface area contributed by atoms with Gasteiger partial charge in [-0.3, -0.25) is 0 Å². The number of aromatic nitrogens is 2. The number of nitrogens with one attached hydrogen (secondary N) is 1. The molecule has 0 bridgehead atoms. The van der Waals surface area contributed by atoms with Crippen molar-refractivity contribution >= 4 is 5.82 Å². The van der Waals surface area contributed by atoms with Crippen molar-refractivity contribution in [3.05, 3.63) is 52.5 Å². The highest BCUT2D eigenvalue weighted by atomic mass is 15.0. The first-order valence-corrected chi connectivity index (χ1v) is 6.73. The molecule has 0 fully saturated rings. The molecule has 1 N–H and O–H groups in total. The highest BCUT2D eigenvalue weighted by Crippen LogP contribution is 2.14. The highest BCUT2D eigenvalue weighted by Gasteiger charge is 2.04. The quantitative estimate of drug-likeness (QED) is 0.909. The van der Waals surface area contributed by atoms with Crippen LogP contribution in [0, 0.1) is 20.8 Å². The Morgan fingerprint density at radius 3 is 2.47 bits per heavy atom. The van der Waals surface area contributed by atoms with Gasteiger partial charge in [0.25, 0.3) is 0 Å². The lowest BCUT2D eigenvalue weighted by Gasteiger charge is -2.08. The summed E-state index contributed by atoms with van der Waals surface area (Å²) in [4.78, 5) is 9.06. The maximum absolute atomic E-state index is 4.55. The summed E-state index contributed by atoms with van der Waals surface area (Å²) >= 11 is 0. The van der Waals surface area contributed by atoms with Gasteiger partial charge in [-0.25, -0.2) is 9.97 Å². The minimum Gasteiger partial charge on any atom is -0.370 e. The molecule has 0 spiro atoms. The molecule has 2 rings (SSSR count). The van der Waals surface area contributed by atoms with Crippen LogP contribution in [-0.2, 0) is 6.42 Å². The van der Waals surface area contributed by atoms with E-state index in [4.69, 9.17) is 0 Å². The van der Waals surface area contributed by atoms with Gasteiger partial charge in [0.05, 0.1) is 0 Å². The fourth-order valence-electron chi connectivity index (χ4n) is 2.08. The van der Waals surface area contributed by atoms with Crippen molar-refractivity contribution in [1.29, 1.82) is 0 Å². The second kappa shape index (κ2) is 5.83. The molecule has 0 atom stereocenters. The zero-order valence-electron chi connectivity index (χ0n) is 12.1. The molecule has 100 valence electrons. The molecule has 0 aliphatic heterocycles. The third-order valence-corrected chi connectivity index (χ3v) is 3.19. The molecule has 1 aromatic carbocycles. The largest absolute Gasteiger partial charge is 0.370 e. The Bertz CT molecular complexity index is 576. The molecule has 0 unspecified atom stereocenters. The van der Waals surface area contributed by atoms with E-state index in [9.17, 15) is 0 Å². The van der Waals surface area contributed by atoms with E-state index in [2.05, 4.69) is 54.3 Å². The van der Waals surface area contributed by atoms with Gasteiger partial charge in [-0.15, -0.1) is 0 Å². The summed E-state index contributed by atoms with van der Waals surface area (Å²) in [5.74, 6) is 1.79. The summed E-state index contributed by atoms with van der Waals surface area (Å²) in [6.45, 7) is 9.22. The maximum Gasteiger partial charge on any atom is 0.135 e. The van der Waals surface area contributed by atoms with E-state index >= 15 is 0 Å². The Balaban J connectivity index is 2.24. The van der Waals surface area contributed by atoms with Gasteiger partial charge in [-0.2, -0.15) is 0 Å². The van der Waals surface area contributed by atoms with E-state index in [1.165, 1.54) is 16.7 Å². The Hall–Kier alpha value is -1.90. The van der Waals surface area contributed by atoms with Crippen LogP contribution >= 0.6 is 0 Å². The Labute approximate surface area is 115 Å². The molecule has 2 aromatic rings. The van der Waals surface area contributed by atoms with E-state index in [1.54, 1.807) is 0 Å². The minimum absolute atomic E-state index is 0.779. The minimum atomic E-state index is 0.779. The van der Waals surface area contributed by atoms with Crippen molar-refractivity contribution in [2.45, 2.75) is 34.1 Å². The first-order valence-electron chi connectivity index (χ1n) is 6.73. The first-order chi connectivity index (χ1) is 9.08. The zero-order valence-corrected chi connectivity index (χ0v) is 12.1. The summed E-state index contributed by atoms with van der Waals surface area (Å²) in [6.07, 6.45) is 0.779. The standard InChI is InChI=1S/C16H21N3/c1-5-17-15-9-13(4)18-16(19-15)10-14-7-6-11(2)12(3)8-14/h6-9H,5,10H2,1-4H3,(H,17,18,19). The van der Waals surface area contributed by atoms with Crippen molar-refractivity contribution in [2.24, 2.45) is 0 Å². The van der Waals surface area contributed by atoms with Crippen LogP contribution in [0.1, 0.15) is 35.1 Å². The van der Waals surface area contributed by atoms with E-state index in [0.29, 0.717) is 0 Å². The summed E-state index contributed by atoms with van der Waals surface area (Å²) in [6, 6.07) is 8.51. The summed E-state index contributed by atoms with van der Waals surface area (Å²) in [7, 11) is 0. The molecule has 0 amide bonds. The monoisotopic (exact) mass is 255 g/mol. The van der Waals surface area contributed by atoms with Crippen LogP contribution in [0.2, 0.25) is 0 Å². The normalized spacial score (nSPS) is 10.5. The predicted molar refractivity (Wildman–Crippen MR) is 79.7 cm³/mol. The van der Waals surface area contributed by atoms with Crippen LogP contribution in [0.25, 0.3) is 0 Å². The van der Waals surface area contributed by atoms with Gasteiger partial charge in [0.1, 0.15) is 11.6 Å². The molecule has 3 heteroatoms. The molecular weight excluding hydrogens is 234 g/mol. The lowest BCUT2D eigenvalue weighted by molar-refractivity contribution is 0.936. The van der Waals surface area contributed by atoms with E-state index in [0.717, 1.165) is 30.3 Å². The van der Waals surface area contributed by atoms with Crippen molar-refractivity contribution in [3.63, 3.8) is 0 Å². The Morgan fingerprint density at radius 2 is 1.79 bits per heavy atom. The van der Waals surface area contributed by atoms with Crippen molar-refractivity contribution in [2.75, 3.05) is 11.9 Å². The fourth-order valence-corrected chi connectivity index (χ4v) is 2.08. The molecule has 1 heterocycles. The number of anilines is 1. The lowest BCUT2D eigenvalue weighted by Crippen LogP contribution is -2.05. The van der Waals surface area contributed by atoms with Gasteiger partial charge in [0, 0.05) is 24.7 Å². The van der Waals surface area contributed by atoms with Gasteiger partial charge in [-0.1, -0.05) is 18.2 Å². The molecule has 19 heavy (non-hydrogen) atoms. The third-order valence-electron chi connectivity index (χ3n) is 3.19. The number of nitrogens with zero attached hydrogens (tertiary/aromatic N) is 2. The summed E-state index contributed by atoms with van der Waals surface area (Å²) in [5.41, 5.74) is 4.90. The van der Waals surface area contributed by atoms with Crippen molar-refractivity contribution in [3.8, 4) is 0 Å².